The van der Waals surface area contributed by atoms with E-state index in [1.54, 1.807) is 0 Å². The van der Waals surface area contributed by atoms with E-state index in [-0.39, 0.29) is 11.9 Å². The average molecular weight is 319 g/mol. The fourth-order valence-corrected chi connectivity index (χ4v) is 2.94. The number of hydrogen-bond acceptors (Lipinski definition) is 6. The van der Waals surface area contributed by atoms with E-state index in [0.717, 1.165) is 34.3 Å². The number of fused-ring (bicyclic) bond motifs is 1. The lowest BCUT2D eigenvalue weighted by Gasteiger charge is -2.21. The van der Waals surface area contributed by atoms with Crippen LogP contribution in [0.2, 0.25) is 0 Å². The van der Waals surface area contributed by atoms with Crippen molar-refractivity contribution in [3.8, 4) is 11.5 Å². The summed E-state index contributed by atoms with van der Waals surface area (Å²) in [5.41, 5.74) is 1.70. The zero-order valence-corrected chi connectivity index (χ0v) is 13.3. The summed E-state index contributed by atoms with van der Waals surface area (Å²) >= 11 is 1.12. The first kappa shape index (κ1) is 14.8. The molecule has 7 heteroatoms. The third kappa shape index (κ3) is 2.89. The first-order valence-corrected chi connectivity index (χ1v) is 7.98. The number of amides is 1. The molecular formula is C15H17N3O3S. The van der Waals surface area contributed by atoms with E-state index < -0.39 is 0 Å². The number of aryl methyl sites for hydroxylation is 1. The Hall–Kier alpha value is -2.15. The van der Waals surface area contributed by atoms with E-state index >= 15 is 0 Å². The van der Waals surface area contributed by atoms with E-state index in [9.17, 15) is 4.79 Å². The molecule has 1 N–H and O–H groups in total. The molecule has 0 radical (unpaired) electrons. The highest BCUT2D eigenvalue weighted by Gasteiger charge is 2.19. The van der Waals surface area contributed by atoms with Gasteiger partial charge >= 0.3 is 0 Å². The van der Waals surface area contributed by atoms with Crippen LogP contribution in [0.15, 0.2) is 18.2 Å². The summed E-state index contributed by atoms with van der Waals surface area (Å²) in [6.45, 7) is 5.00. The van der Waals surface area contributed by atoms with Gasteiger partial charge in [0.2, 0.25) is 0 Å². The summed E-state index contributed by atoms with van der Waals surface area (Å²) in [5, 5.41) is 6.94. The highest BCUT2D eigenvalue weighted by atomic mass is 32.1. The van der Waals surface area contributed by atoms with Crippen LogP contribution in [-0.4, -0.2) is 28.7 Å². The number of aromatic nitrogens is 2. The third-order valence-electron chi connectivity index (χ3n) is 3.51. The van der Waals surface area contributed by atoms with Crippen LogP contribution in [0.5, 0.6) is 11.5 Å². The monoisotopic (exact) mass is 319 g/mol. The molecule has 1 atom stereocenters. The van der Waals surface area contributed by atoms with Crippen molar-refractivity contribution < 1.29 is 14.3 Å². The van der Waals surface area contributed by atoms with E-state index in [2.05, 4.69) is 14.9 Å². The van der Waals surface area contributed by atoms with Crippen LogP contribution in [0.3, 0.4) is 0 Å². The van der Waals surface area contributed by atoms with Crippen molar-refractivity contribution in [2.45, 2.75) is 26.3 Å². The minimum absolute atomic E-state index is 0.143. The molecular weight excluding hydrogens is 302 g/mol. The quantitative estimate of drug-likeness (QED) is 0.936. The Kier molecular flexibility index (Phi) is 4.24. The Bertz CT molecular complexity index is 686. The summed E-state index contributed by atoms with van der Waals surface area (Å²) in [7, 11) is 0. The highest BCUT2D eigenvalue weighted by Crippen LogP contribution is 2.32. The van der Waals surface area contributed by atoms with E-state index in [4.69, 9.17) is 9.47 Å². The van der Waals surface area contributed by atoms with Crippen LogP contribution in [0.1, 0.15) is 40.8 Å². The Morgan fingerprint density at radius 2 is 2.14 bits per heavy atom. The second-order valence-electron chi connectivity index (χ2n) is 5.00. The van der Waals surface area contributed by atoms with Gasteiger partial charge in [-0.3, -0.25) is 4.79 Å². The van der Waals surface area contributed by atoms with E-state index in [1.807, 2.05) is 32.0 Å². The molecule has 0 unspecified atom stereocenters. The van der Waals surface area contributed by atoms with Crippen LogP contribution in [0.25, 0.3) is 0 Å². The van der Waals surface area contributed by atoms with Crippen molar-refractivity contribution in [2.75, 3.05) is 13.2 Å². The van der Waals surface area contributed by atoms with Gasteiger partial charge in [0, 0.05) is 0 Å². The summed E-state index contributed by atoms with van der Waals surface area (Å²) in [6.07, 6.45) is 0.692. The normalized spacial score (nSPS) is 14.5. The second kappa shape index (κ2) is 6.31. The zero-order chi connectivity index (χ0) is 15.5. The minimum Gasteiger partial charge on any atom is -0.486 e. The van der Waals surface area contributed by atoms with Gasteiger partial charge < -0.3 is 14.8 Å². The van der Waals surface area contributed by atoms with Gasteiger partial charge in [-0.15, -0.1) is 5.10 Å². The number of nitrogens with one attached hydrogen (secondary N) is 1. The van der Waals surface area contributed by atoms with Gasteiger partial charge in [0.1, 0.15) is 18.1 Å². The predicted octanol–water partition coefficient (Wildman–Crippen LogP) is 2.36. The molecule has 6 nitrogen and oxygen atoms in total. The maximum Gasteiger partial charge on any atom is 0.265 e. The van der Waals surface area contributed by atoms with Crippen molar-refractivity contribution in [1.82, 2.24) is 14.9 Å². The molecule has 1 aromatic carbocycles. The van der Waals surface area contributed by atoms with Gasteiger partial charge in [-0.2, -0.15) is 0 Å². The summed E-state index contributed by atoms with van der Waals surface area (Å²) in [6, 6.07) is 5.57. The van der Waals surface area contributed by atoms with Crippen LogP contribution in [-0.2, 0) is 6.42 Å². The Balaban J connectivity index is 1.74. The number of hydrogen-bond donors (Lipinski definition) is 1. The van der Waals surface area contributed by atoms with Gasteiger partial charge in [0.25, 0.3) is 5.91 Å². The van der Waals surface area contributed by atoms with E-state index in [0.29, 0.717) is 24.5 Å². The van der Waals surface area contributed by atoms with Crippen LogP contribution >= 0.6 is 11.5 Å². The summed E-state index contributed by atoms with van der Waals surface area (Å²) in [5.74, 6) is 1.32. The molecule has 0 saturated carbocycles. The van der Waals surface area contributed by atoms with Crippen molar-refractivity contribution in [1.29, 1.82) is 0 Å². The molecule has 1 aromatic heterocycles. The number of nitrogens with zero attached hydrogens (tertiary/aromatic N) is 2. The van der Waals surface area contributed by atoms with Crippen LogP contribution in [0, 0.1) is 0 Å². The zero-order valence-electron chi connectivity index (χ0n) is 12.5. The van der Waals surface area contributed by atoms with Crippen LogP contribution < -0.4 is 14.8 Å². The number of ether oxygens (including phenoxy) is 2. The molecule has 2 aromatic rings. The maximum absolute atomic E-state index is 12.3. The standard InChI is InChI=1S/C15H17N3O3S/c1-3-11-14(22-18-17-11)15(19)16-9(2)10-4-5-12-13(8-10)21-7-6-20-12/h4-5,8-9H,3,6-7H2,1-2H3,(H,16,19)/t9-/m0/s1. The van der Waals surface area contributed by atoms with Gasteiger partial charge in [0.05, 0.1) is 11.7 Å². The summed E-state index contributed by atoms with van der Waals surface area (Å²) in [4.78, 5) is 12.9. The highest BCUT2D eigenvalue weighted by molar-refractivity contribution is 7.08. The first-order chi connectivity index (χ1) is 10.7. The molecule has 1 aliphatic rings. The maximum atomic E-state index is 12.3. The smallest absolute Gasteiger partial charge is 0.265 e. The van der Waals surface area contributed by atoms with Gasteiger partial charge in [-0.1, -0.05) is 17.5 Å². The topological polar surface area (TPSA) is 73.3 Å². The fourth-order valence-electron chi connectivity index (χ4n) is 2.29. The molecule has 116 valence electrons. The molecule has 0 aliphatic carbocycles. The minimum atomic E-state index is -0.144. The fraction of sp³-hybridized carbons (Fsp3) is 0.400. The van der Waals surface area contributed by atoms with E-state index in [1.165, 1.54) is 0 Å². The third-order valence-corrected chi connectivity index (χ3v) is 4.28. The lowest BCUT2D eigenvalue weighted by atomic mass is 10.1. The number of carbonyl (C=O) groups is 1. The summed E-state index contributed by atoms with van der Waals surface area (Å²) < 4.78 is 14.9. The largest absolute Gasteiger partial charge is 0.486 e. The molecule has 2 heterocycles. The molecule has 0 saturated heterocycles. The SMILES string of the molecule is CCc1nnsc1C(=O)N[C@@H](C)c1ccc2c(c1)OCCO2. The van der Waals surface area contributed by atoms with Gasteiger partial charge in [-0.05, 0) is 42.6 Å². The number of rotatable bonds is 4. The molecule has 0 fully saturated rings. The number of carbonyl (C=O) groups excluding carboxylic acids is 1. The Morgan fingerprint density at radius 1 is 1.36 bits per heavy atom. The van der Waals surface area contributed by atoms with Crippen molar-refractivity contribution >= 4 is 17.4 Å². The average Bonchev–Trinajstić information content (AvgIpc) is 3.03. The molecule has 0 bridgehead atoms. The number of benzene rings is 1. The molecule has 22 heavy (non-hydrogen) atoms. The first-order valence-electron chi connectivity index (χ1n) is 7.20. The van der Waals surface area contributed by atoms with Gasteiger partial charge in [-0.25, -0.2) is 0 Å². The van der Waals surface area contributed by atoms with Crippen molar-refractivity contribution in [3.05, 3.63) is 34.3 Å². The molecule has 0 spiro atoms. The second-order valence-corrected chi connectivity index (χ2v) is 5.75. The molecule has 1 aliphatic heterocycles. The Labute approximate surface area is 132 Å². The van der Waals surface area contributed by atoms with Crippen molar-refractivity contribution in [2.24, 2.45) is 0 Å². The predicted molar refractivity (Wildman–Crippen MR) is 82.6 cm³/mol. The molecule has 3 rings (SSSR count). The lowest BCUT2D eigenvalue weighted by Crippen LogP contribution is -2.27. The van der Waals surface area contributed by atoms with Crippen LogP contribution in [0.4, 0.5) is 0 Å². The van der Waals surface area contributed by atoms with Crippen molar-refractivity contribution in [3.63, 3.8) is 0 Å². The molecule has 1 amide bonds. The van der Waals surface area contributed by atoms with Gasteiger partial charge in [0.15, 0.2) is 11.5 Å². The lowest BCUT2D eigenvalue weighted by molar-refractivity contribution is 0.0942. The Morgan fingerprint density at radius 3 is 2.91 bits per heavy atom.